The lowest BCUT2D eigenvalue weighted by Crippen LogP contribution is -2.37. The number of ether oxygens (including phenoxy) is 2. The molecule has 0 spiro atoms. The molecule has 5 rings (SSSR count). The van der Waals surface area contributed by atoms with Crippen LogP contribution in [0.15, 0.2) is 60.7 Å². The third-order valence-electron chi connectivity index (χ3n) is 6.45. The van der Waals surface area contributed by atoms with Gasteiger partial charge in [0.1, 0.15) is 15.8 Å². The van der Waals surface area contributed by atoms with Crippen molar-refractivity contribution in [2.75, 3.05) is 23.7 Å². The molecule has 3 atom stereocenters. The summed E-state index contributed by atoms with van der Waals surface area (Å²) in [7, 11) is 1.20. The van der Waals surface area contributed by atoms with Crippen LogP contribution >= 0.6 is 11.3 Å². The molecule has 0 radical (unpaired) electrons. The number of rotatable bonds is 6. The summed E-state index contributed by atoms with van der Waals surface area (Å²) >= 11 is 0.855. The van der Waals surface area contributed by atoms with E-state index in [2.05, 4.69) is 0 Å². The Kier molecular flexibility index (Phi) is 6.53. The summed E-state index contributed by atoms with van der Waals surface area (Å²) in [6.45, 7) is 3.36. The fourth-order valence-corrected chi connectivity index (χ4v) is 5.99. The van der Waals surface area contributed by atoms with Crippen LogP contribution in [0.5, 0.6) is 0 Å². The first-order valence-corrected chi connectivity index (χ1v) is 12.5. The van der Waals surface area contributed by atoms with E-state index >= 15 is 0 Å². The molecule has 10 heteroatoms. The molecule has 0 unspecified atom stereocenters. The number of esters is 2. The molecule has 2 aliphatic rings. The van der Waals surface area contributed by atoms with E-state index in [1.807, 2.05) is 60.7 Å². The monoisotopic (exact) mass is 520 g/mol. The molecule has 0 saturated carbocycles. The number of thiophene rings is 1. The fourth-order valence-electron chi connectivity index (χ4n) is 4.79. The van der Waals surface area contributed by atoms with Gasteiger partial charge in [0, 0.05) is 0 Å². The van der Waals surface area contributed by atoms with Gasteiger partial charge < -0.3 is 9.47 Å². The molecule has 1 aromatic heterocycles. The van der Waals surface area contributed by atoms with E-state index in [1.165, 1.54) is 7.11 Å². The molecule has 2 amide bonds. The Labute approximate surface area is 217 Å². The van der Waals surface area contributed by atoms with Gasteiger partial charge in [-0.15, -0.1) is 11.3 Å². The van der Waals surface area contributed by atoms with Crippen LogP contribution in [0.3, 0.4) is 0 Å². The average Bonchev–Trinajstić information content (AvgIpc) is 3.55. The number of hydrogen-bond donors (Lipinski definition) is 0. The number of hydroxylamine groups is 1. The zero-order valence-electron chi connectivity index (χ0n) is 20.4. The quantitative estimate of drug-likeness (QED) is 0.354. The van der Waals surface area contributed by atoms with Gasteiger partial charge in [0.25, 0.3) is 5.91 Å². The largest absolute Gasteiger partial charge is 0.465 e. The van der Waals surface area contributed by atoms with Gasteiger partial charge in [-0.1, -0.05) is 48.5 Å². The van der Waals surface area contributed by atoms with Crippen molar-refractivity contribution in [3.63, 3.8) is 0 Å². The fraction of sp³-hybridized carbons (Fsp3) is 0.259. The molecule has 190 valence electrons. The number of fused-ring (bicyclic) bond motifs is 1. The van der Waals surface area contributed by atoms with Gasteiger partial charge in [0.05, 0.1) is 31.0 Å². The van der Waals surface area contributed by atoms with E-state index in [1.54, 1.807) is 18.9 Å². The molecule has 3 heterocycles. The third kappa shape index (κ3) is 3.98. The number of methoxy groups -OCH3 is 1. The van der Waals surface area contributed by atoms with Crippen LogP contribution in [0.4, 0.5) is 10.7 Å². The van der Waals surface area contributed by atoms with Crippen molar-refractivity contribution in [1.82, 2.24) is 0 Å². The predicted octanol–water partition coefficient (Wildman–Crippen LogP) is 4.07. The minimum atomic E-state index is -1.11. The standard InChI is InChI=1S/C27H24N2O7S/c1-4-35-27(33)22-15(2)18(26(32)34-3)25(37-22)28-23(30)19-20(16-11-7-5-8-12-16)29(36-21(19)24(28)31)17-13-9-6-10-14-17/h5-14,19-21H,4H2,1-3H3/t19-,20-,21-/m0/s1. The SMILES string of the molecule is CCOC(=O)c1sc(N2C(=O)[C@@H]3[C@H](ON(c4ccccc4)[C@H]3c3ccccc3)C2=O)c(C(=O)OC)c1C. The number of hydrogen-bond acceptors (Lipinski definition) is 9. The molecule has 2 saturated heterocycles. The second-order valence-electron chi connectivity index (χ2n) is 8.53. The van der Waals surface area contributed by atoms with Crippen molar-refractivity contribution < 1.29 is 33.5 Å². The smallest absolute Gasteiger partial charge is 0.348 e. The maximum atomic E-state index is 14.0. The highest BCUT2D eigenvalue weighted by Gasteiger charge is 2.61. The Morgan fingerprint density at radius 2 is 1.62 bits per heavy atom. The van der Waals surface area contributed by atoms with Gasteiger partial charge in [0.15, 0.2) is 6.10 Å². The molecule has 3 aromatic rings. The van der Waals surface area contributed by atoms with Gasteiger partial charge in [0.2, 0.25) is 5.91 Å². The number of para-hydroxylation sites is 1. The lowest BCUT2D eigenvalue weighted by Gasteiger charge is -2.28. The minimum Gasteiger partial charge on any atom is -0.465 e. The van der Waals surface area contributed by atoms with Crippen LogP contribution in [-0.4, -0.2) is 43.6 Å². The van der Waals surface area contributed by atoms with Crippen molar-refractivity contribution in [1.29, 1.82) is 0 Å². The first kappa shape index (κ1) is 24.7. The molecule has 0 bridgehead atoms. The van der Waals surface area contributed by atoms with E-state index in [0.29, 0.717) is 5.69 Å². The first-order chi connectivity index (χ1) is 17.9. The van der Waals surface area contributed by atoms with E-state index in [9.17, 15) is 19.2 Å². The van der Waals surface area contributed by atoms with Crippen molar-refractivity contribution in [2.24, 2.45) is 5.92 Å². The van der Waals surface area contributed by atoms with Crippen molar-refractivity contribution in [3.8, 4) is 0 Å². The Hall–Kier alpha value is -4.02. The summed E-state index contributed by atoms with van der Waals surface area (Å²) in [5.74, 6) is -3.42. The van der Waals surface area contributed by atoms with E-state index in [-0.39, 0.29) is 27.6 Å². The first-order valence-electron chi connectivity index (χ1n) is 11.7. The summed E-state index contributed by atoms with van der Waals surface area (Å²) in [5.41, 5.74) is 1.76. The third-order valence-corrected chi connectivity index (χ3v) is 7.71. The van der Waals surface area contributed by atoms with Crippen molar-refractivity contribution >= 4 is 45.8 Å². The summed E-state index contributed by atoms with van der Waals surface area (Å²) in [6.07, 6.45) is -1.11. The van der Waals surface area contributed by atoms with Gasteiger partial charge in [-0.2, -0.15) is 0 Å². The van der Waals surface area contributed by atoms with Gasteiger partial charge in [-0.05, 0) is 37.1 Å². The van der Waals surface area contributed by atoms with Crippen LogP contribution < -0.4 is 9.96 Å². The van der Waals surface area contributed by atoms with Crippen LogP contribution in [0.1, 0.15) is 44.1 Å². The van der Waals surface area contributed by atoms with Crippen LogP contribution in [0.25, 0.3) is 0 Å². The van der Waals surface area contributed by atoms with E-state index in [0.717, 1.165) is 21.8 Å². The normalized spacial score (nSPS) is 20.8. The highest BCUT2D eigenvalue weighted by atomic mass is 32.1. The molecular weight excluding hydrogens is 496 g/mol. The maximum Gasteiger partial charge on any atom is 0.348 e. The number of amides is 2. The second kappa shape index (κ2) is 9.79. The van der Waals surface area contributed by atoms with E-state index < -0.39 is 41.8 Å². The van der Waals surface area contributed by atoms with Gasteiger partial charge >= 0.3 is 11.9 Å². The van der Waals surface area contributed by atoms with Crippen LogP contribution in [-0.2, 0) is 23.9 Å². The molecule has 0 aliphatic carbocycles. The number of nitrogens with zero attached hydrogens (tertiary/aromatic N) is 2. The van der Waals surface area contributed by atoms with Gasteiger partial charge in [-0.3, -0.25) is 14.4 Å². The molecule has 2 fully saturated rings. The second-order valence-corrected chi connectivity index (χ2v) is 9.53. The summed E-state index contributed by atoms with van der Waals surface area (Å²) in [6, 6.07) is 18.0. The lowest BCUT2D eigenvalue weighted by atomic mass is 9.90. The zero-order valence-corrected chi connectivity index (χ0v) is 21.2. The molecule has 2 aromatic carbocycles. The topological polar surface area (TPSA) is 102 Å². The molecular formula is C27H24N2O7S. The number of carbonyl (C=O) groups is 4. The summed E-state index contributed by atoms with van der Waals surface area (Å²) in [5, 5.41) is 1.63. The zero-order chi connectivity index (χ0) is 26.3. The summed E-state index contributed by atoms with van der Waals surface area (Å²) in [4.78, 5) is 60.2. The molecule has 37 heavy (non-hydrogen) atoms. The Morgan fingerprint density at radius 1 is 0.973 bits per heavy atom. The minimum absolute atomic E-state index is 0.0200. The highest BCUT2D eigenvalue weighted by Crippen LogP contribution is 2.49. The predicted molar refractivity (Wildman–Crippen MR) is 135 cm³/mol. The molecule has 0 N–H and O–H groups in total. The lowest BCUT2D eigenvalue weighted by molar-refractivity contribution is -0.126. The number of carbonyl (C=O) groups excluding carboxylic acids is 4. The molecule has 9 nitrogen and oxygen atoms in total. The number of imide groups is 1. The molecule has 2 aliphatic heterocycles. The number of anilines is 2. The Balaban J connectivity index is 1.60. The average molecular weight is 521 g/mol. The highest BCUT2D eigenvalue weighted by molar-refractivity contribution is 7.19. The maximum absolute atomic E-state index is 14.0. The Bertz CT molecular complexity index is 1370. The van der Waals surface area contributed by atoms with Crippen LogP contribution in [0.2, 0.25) is 0 Å². The summed E-state index contributed by atoms with van der Waals surface area (Å²) < 4.78 is 10.0. The van der Waals surface area contributed by atoms with Crippen LogP contribution in [0, 0.1) is 12.8 Å². The van der Waals surface area contributed by atoms with Crippen molar-refractivity contribution in [2.45, 2.75) is 26.0 Å². The number of benzene rings is 2. The van der Waals surface area contributed by atoms with Crippen molar-refractivity contribution in [3.05, 3.63) is 82.2 Å². The van der Waals surface area contributed by atoms with Gasteiger partial charge in [-0.25, -0.2) is 19.6 Å². The Morgan fingerprint density at radius 3 is 2.24 bits per heavy atom. The van der Waals surface area contributed by atoms with E-state index in [4.69, 9.17) is 14.3 Å².